The largest absolute Gasteiger partial charge is 0.573 e. The number of halogens is 3. The van der Waals surface area contributed by atoms with E-state index in [2.05, 4.69) is 9.64 Å². The Labute approximate surface area is 136 Å². The highest BCUT2D eigenvalue weighted by atomic mass is 19.4. The molecule has 0 N–H and O–H groups in total. The fraction of sp³-hybridized carbons (Fsp3) is 0.412. The number of fused-ring (bicyclic) bond motifs is 1. The summed E-state index contributed by atoms with van der Waals surface area (Å²) < 4.78 is 51.5. The fourth-order valence-electron chi connectivity index (χ4n) is 2.73. The van der Waals surface area contributed by atoms with E-state index in [1.807, 2.05) is 18.2 Å². The molecule has 2 heterocycles. The molecule has 128 valence electrons. The number of anilines is 1. The Morgan fingerprint density at radius 2 is 1.54 bits per heavy atom. The van der Waals surface area contributed by atoms with Gasteiger partial charge in [-0.3, -0.25) is 0 Å². The maximum atomic E-state index is 12.3. The van der Waals surface area contributed by atoms with Crippen LogP contribution in [-0.2, 0) is 9.47 Å². The van der Waals surface area contributed by atoms with Gasteiger partial charge in [-0.25, -0.2) is 0 Å². The van der Waals surface area contributed by atoms with Crippen LogP contribution in [0.25, 0.3) is 10.8 Å². The van der Waals surface area contributed by atoms with Crippen molar-refractivity contribution in [3.63, 3.8) is 0 Å². The highest BCUT2D eigenvalue weighted by Gasteiger charge is 2.32. The lowest BCUT2D eigenvalue weighted by Gasteiger charge is -2.23. The number of nitrogens with zero attached hydrogens (tertiary/aromatic N) is 1. The van der Waals surface area contributed by atoms with E-state index in [0.29, 0.717) is 5.39 Å². The van der Waals surface area contributed by atoms with Gasteiger partial charge in [0.05, 0.1) is 25.4 Å². The third-order valence-electron chi connectivity index (χ3n) is 4.05. The fourth-order valence-corrected chi connectivity index (χ4v) is 2.73. The molecule has 4 nitrogen and oxygen atoms in total. The number of rotatable bonds is 6. The number of alkyl halides is 3. The number of ether oxygens (including phenoxy) is 3. The van der Waals surface area contributed by atoms with E-state index in [1.165, 1.54) is 12.1 Å². The van der Waals surface area contributed by atoms with Crippen molar-refractivity contribution in [1.29, 1.82) is 0 Å². The minimum absolute atomic E-state index is 0.211. The van der Waals surface area contributed by atoms with Crippen LogP contribution in [0, 0.1) is 0 Å². The van der Waals surface area contributed by atoms with Gasteiger partial charge in [0.1, 0.15) is 5.75 Å². The van der Waals surface area contributed by atoms with Crippen LogP contribution in [0.15, 0.2) is 36.4 Å². The quantitative estimate of drug-likeness (QED) is 0.757. The third kappa shape index (κ3) is 3.91. The lowest BCUT2D eigenvalue weighted by molar-refractivity contribution is -0.274. The van der Waals surface area contributed by atoms with Gasteiger partial charge in [-0.15, -0.1) is 13.2 Å². The molecule has 2 fully saturated rings. The molecule has 0 spiro atoms. The van der Waals surface area contributed by atoms with Gasteiger partial charge in [0.25, 0.3) is 0 Å². The van der Waals surface area contributed by atoms with Gasteiger partial charge in [0.15, 0.2) is 0 Å². The Hall–Kier alpha value is -1.99. The van der Waals surface area contributed by atoms with E-state index in [4.69, 9.17) is 9.47 Å². The van der Waals surface area contributed by atoms with Crippen LogP contribution in [0.4, 0.5) is 18.9 Å². The van der Waals surface area contributed by atoms with Gasteiger partial charge in [-0.05, 0) is 35.0 Å². The Kier molecular flexibility index (Phi) is 3.77. The standard InChI is InChI=1S/C17H16F3NO3/c18-17(19,20)24-14-4-2-11-5-13(3-1-12(11)6-14)21(7-15-9-22-15)8-16-10-23-16/h1-6,15-16H,7-10H2. The van der Waals surface area contributed by atoms with E-state index in [-0.39, 0.29) is 18.0 Å². The Morgan fingerprint density at radius 3 is 2.12 bits per heavy atom. The summed E-state index contributed by atoms with van der Waals surface area (Å²) in [7, 11) is 0. The van der Waals surface area contributed by atoms with Gasteiger partial charge in [-0.1, -0.05) is 12.1 Å². The van der Waals surface area contributed by atoms with Crippen LogP contribution in [0.3, 0.4) is 0 Å². The average Bonchev–Trinajstić information content (AvgIpc) is 3.40. The number of epoxide rings is 2. The molecule has 7 heteroatoms. The van der Waals surface area contributed by atoms with E-state index >= 15 is 0 Å². The molecule has 2 aromatic carbocycles. The zero-order valence-corrected chi connectivity index (χ0v) is 12.8. The first-order chi connectivity index (χ1) is 11.5. The highest BCUT2D eigenvalue weighted by molar-refractivity contribution is 5.87. The molecule has 4 rings (SSSR count). The molecule has 0 bridgehead atoms. The topological polar surface area (TPSA) is 37.5 Å². The van der Waals surface area contributed by atoms with Gasteiger partial charge in [0.2, 0.25) is 0 Å². The van der Waals surface area contributed by atoms with E-state index in [9.17, 15) is 13.2 Å². The first-order valence-corrected chi connectivity index (χ1v) is 7.74. The SMILES string of the molecule is FC(F)(F)Oc1ccc2cc(N(CC3CO3)CC3CO3)ccc2c1. The molecule has 0 aliphatic carbocycles. The monoisotopic (exact) mass is 339 g/mol. The van der Waals surface area contributed by atoms with Crippen molar-refractivity contribution in [3.05, 3.63) is 36.4 Å². The first-order valence-electron chi connectivity index (χ1n) is 7.74. The van der Waals surface area contributed by atoms with Crippen LogP contribution in [0.1, 0.15) is 0 Å². The summed E-state index contributed by atoms with van der Waals surface area (Å²) in [6.07, 6.45) is -4.18. The molecule has 24 heavy (non-hydrogen) atoms. The maximum Gasteiger partial charge on any atom is 0.573 e. The summed E-state index contributed by atoms with van der Waals surface area (Å²) in [6.45, 7) is 3.13. The zero-order valence-electron chi connectivity index (χ0n) is 12.8. The molecular formula is C17H16F3NO3. The van der Waals surface area contributed by atoms with Gasteiger partial charge in [0, 0.05) is 18.8 Å². The van der Waals surface area contributed by atoms with Crippen LogP contribution in [-0.4, -0.2) is 44.9 Å². The first kappa shape index (κ1) is 15.5. The molecule has 2 aliphatic heterocycles. The van der Waals surface area contributed by atoms with Gasteiger partial charge in [-0.2, -0.15) is 0 Å². The Balaban J connectivity index is 1.57. The predicted molar refractivity (Wildman–Crippen MR) is 82.3 cm³/mol. The van der Waals surface area contributed by atoms with Crippen molar-refractivity contribution in [1.82, 2.24) is 0 Å². The van der Waals surface area contributed by atoms with Crippen molar-refractivity contribution >= 4 is 16.5 Å². The maximum absolute atomic E-state index is 12.3. The minimum atomic E-state index is -4.68. The summed E-state index contributed by atoms with van der Waals surface area (Å²) in [5.41, 5.74) is 1.01. The summed E-state index contributed by atoms with van der Waals surface area (Å²) in [6, 6.07) is 10.0. The van der Waals surface area contributed by atoms with Crippen LogP contribution >= 0.6 is 0 Å². The second-order valence-corrected chi connectivity index (χ2v) is 6.06. The molecule has 0 radical (unpaired) electrons. The van der Waals surface area contributed by atoms with Crippen molar-refractivity contribution in [2.75, 3.05) is 31.2 Å². The molecule has 2 unspecified atom stereocenters. The second-order valence-electron chi connectivity index (χ2n) is 6.06. The molecule has 2 saturated heterocycles. The smallest absolute Gasteiger partial charge is 0.406 e. The lowest BCUT2D eigenvalue weighted by Crippen LogP contribution is -2.31. The molecule has 2 atom stereocenters. The van der Waals surface area contributed by atoms with Crippen molar-refractivity contribution in [2.45, 2.75) is 18.6 Å². The number of hydrogen-bond acceptors (Lipinski definition) is 4. The number of hydrogen-bond donors (Lipinski definition) is 0. The van der Waals surface area contributed by atoms with Gasteiger partial charge < -0.3 is 19.1 Å². The molecule has 0 aromatic heterocycles. The van der Waals surface area contributed by atoms with E-state index in [0.717, 1.165) is 37.4 Å². The summed E-state index contributed by atoms with van der Waals surface area (Å²) in [5.74, 6) is -0.211. The lowest BCUT2D eigenvalue weighted by atomic mass is 10.1. The van der Waals surface area contributed by atoms with Crippen molar-refractivity contribution in [2.24, 2.45) is 0 Å². The molecule has 0 saturated carbocycles. The van der Waals surface area contributed by atoms with Crippen molar-refractivity contribution < 1.29 is 27.4 Å². The summed E-state index contributed by atoms with van der Waals surface area (Å²) >= 11 is 0. The molecule has 2 aliphatic rings. The highest BCUT2D eigenvalue weighted by Crippen LogP contribution is 2.30. The van der Waals surface area contributed by atoms with Crippen LogP contribution in [0.2, 0.25) is 0 Å². The molecular weight excluding hydrogens is 323 g/mol. The summed E-state index contributed by atoms with van der Waals surface area (Å²) in [5, 5.41) is 1.56. The zero-order chi connectivity index (χ0) is 16.7. The number of benzene rings is 2. The average molecular weight is 339 g/mol. The minimum Gasteiger partial charge on any atom is -0.406 e. The Bertz CT molecular complexity index is 727. The normalized spacial score (nSPS) is 22.5. The predicted octanol–water partition coefficient (Wildman–Crippen LogP) is 3.34. The summed E-state index contributed by atoms with van der Waals surface area (Å²) in [4.78, 5) is 2.20. The van der Waals surface area contributed by atoms with E-state index in [1.54, 1.807) is 6.07 Å². The van der Waals surface area contributed by atoms with Crippen molar-refractivity contribution in [3.8, 4) is 5.75 Å². The second kappa shape index (κ2) is 5.82. The molecule has 0 amide bonds. The van der Waals surface area contributed by atoms with Gasteiger partial charge >= 0.3 is 6.36 Å². The Morgan fingerprint density at radius 1 is 0.958 bits per heavy atom. The molecule has 2 aromatic rings. The third-order valence-corrected chi connectivity index (χ3v) is 4.05. The van der Waals surface area contributed by atoms with Crippen LogP contribution in [0.5, 0.6) is 5.75 Å². The van der Waals surface area contributed by atoms with E-state index < -0.39 is 6.36 Å². The van der Waals surface area contributed by atoms with Crippen LogP contribution < -0.4 is 9.64 Å².